The van der Waals surface area contributed by atoms with Gasteiger partial charge in [0, 0.05) is 16.0 Å². The van der Waals surface area contributed by atoms with Crippen molar-refractivity contribution < 1.29 is 0 Å². The first-order valence-electron chi connectivity index (χ1n) is 7.48. The highest BCUT2D eigenvalue weighted by Gasteiger charge is 2.26. The van der Waals surface area contributed by atoms with E-state index in [4.69, 9.17) is 0 Å². The zero-order valence-corrected chi connectivity index (χ0v) is 13.2. The molecule has 22 heavy (non-hydrogen) atoms. The second-order valence-electron chi connectivity index (χ2n) is 5.21. The number of aromatic nitrogens is 1. The van der Waals surface area contributed by atoms with Crippen molar-refractivity contribution in [2.24, 2.45) is 0 Å². The number of benzene rings is 2. The van der Waals surface area contributed by atoms with Crippen LogP contribution in [0.2, 0.25) is 0 Å². The smallest absolute Gasteiger partial charge is 0.140 e. The minimum absolute atomic E-state index is 0.969. The molecule has 3 heteroatoms. The van der Waals surface area contributed by atoms with E-state index in [-0.39, 0.29) is 0 Å². The van der Waals surface area contributed by atoms with Crippen molar-refractivity contribution in [1.29, 1.82) is 0 Å². The van der Waals surface area contributed by atoms with Crippen molar-refractivity contribution in [2.45, 2.75) is 23.1 Å². The van der Waals surface area contributed by atoms with Gasteiger partial charge in [-0.25, -0.2) is 4.98 Å². The summed E-state index contributed by atoms with van der Waals surface area (Å²) < 4.78 is 0. The summed E-state index contributed by atoms with van der Waals surface area (Å²) in [7, 11) is 0. The van der Waals surface area contributed by atoms with Gasteiger partial charge in [0.15, 0.2) is 0 Å². The lowest BCUT2D eigenvalue weighted by Gasteiger charge is -2.32. The highest BCUT2D eigenvalue weighted by molar-refractivity contribution is 7.99. The average molecular weight is 304 g/mol. The van der Waals surface area contributed by atoms with E-state index in [1.54, 1.807) is 0 Å². The van der Waals surface area contributed by atoms with Gasteiger partial charge >= 0.3 is 0 Å². The predicted molar refractivity (Wildman–Crippen MR) is 92.4 cm³/mol. The quantitative estimate of drug-likeness (QED) is 0.481. The third-order valence-corrected chi connectivity index (χ3v) is 5.02. The molecule has 0 bridgehead atoms. The molecule has 0 N–H and O–H groups in total. The lowest BCUT2D eigenvalue weighted by molar-refractivity contribution is 1.04. The van der Waals surface area contributed by atoms with Gasteiger partial charge in [-0.15, -0.1) is 0 Å². The Labute approximate surface area is 134 Å². The predicted octanol–water partition coefficient (Wildman–Crippen LogP) is 5.58. The summed E-state index contributed by atoms with van der Waals surface area (Å²) in [5, 5.41) is 0. The normalized spacial score (nSPS) is 12.7. The molecule has 2 nitrogen and oxygen atoms in total. The molecule has 0 fully saturated rings. The van der Waals surface area contributed by atoms with Crippen molar-refractivity contribution in [3.05, 3.63) is 72.4 Å². The molecule has 108 valence electrons. The fourth-order valence-corrected chi connectivity index (χ4v) is 3.90. The number of nitrogens with zero attached hydrogens (tertiary/aromatic N) is 2. The van der Waals surface area contributed by atoms with Crippen LogP contribution in [0.4, 0.5) is 17.2 Å². The van der Waals surface area contributed by atoms with Crippen molar-refractivity contribution >= 4 is 29.0 Å². The van der Waals surface area contributed by atoms with Crippen molar-refractivity contribution in [1.82, 2.24) is 4.98 Å². The number of rotatable bonds is 2. The average Bonchev–Trinajstić information content (AvgIpc) is 2.59. The zero-order chi connectivity index (χ0) is 14.9. The third-order valence-electron chi connectivity index (χ3n) is 3.89. The Balaban J connectivity index is 1.99. The lowest BCUT2D eigenvalue weighted by atomic mass is 10.1. The van der Waals surface area contributed by atoms with Gasteiger partial charge in [0.25, 0.3) is 0 Å². The Hall–Kier alpha value is -2.26. The topological polar surface area (TPSA) is 16.1 Å². The van der Waals surface area contributed by atoms with Gasteiger partial charge in [-0.1, -0.05) is 49.0 Å². The molecule has 2 heterocycles. The Morgan fingerprint density at radius 2 is 1.50 bits per heavy atom. The second kappa shape index (κ2) is 5.50. The van der Waals surface area contributed by atoms with Crippen molar-refractivity contribution in [3.63, 3.8) is 0 Å². The molecule has 0 saturated carbocycles. The van der Waals surface area contributed by atoms with Crippen LogP contribution in [0.1, 0.15) is 12.5 Å². The van der Waals surface area contributed by atoms with Gasteiger partial charge in [0.1, 0.15) is 5.82 Å². The lowest BCUT2D eigenvalue weighted by Crippen LogP contribution is -2.17. The molecule has 0 spiro atoms. The molecule has 0 unspecified atom stereocenters. The summed E-state index contributed by atoms with van der Waals surface area (Å²) in [6.07, 6.45) is 2.85. The SMILES string of the molecule is CCc1cccnc1N1c2ccccc2Sc2ccccc21. The van der Waals surface area contributed by atoms with Gasteiger partial charge < -0.3 is 0 Å². The molecule has 3 aromatic rings. The van der Waals surface area contributed by atoms with Crippen LogP contribution in [-0.4, -0.2) is 4.98 Å². The van der Waals surface area contributed by atoms with E-state index in [0.29, 0.717) is 0 Å². The van der Waals surface area contributed by atoms with Crippen LogP contribution in [0.25, 0.3) is 0 Å². The van der Waals surface area contributed by atoms with Gasteiger partial charge in [-0.2, -0.15) is 0 Å². The van der Waals surface area contributed by atoms with Crippen LogP contribution in [0.5, 0.6) is 0 Å². The molecule has 0 atom stereocenters. The van der Waals surface area contributed by atoms with E-state index in [1.807, 2.05) is 24.0 Å². The number of anilines is 3. The van der Waals surface area contributed by atoms with E-state index in [9.17, 15) is 0 Å². The molecular weight excluding hydrogens is 288 g/mol. The second-order valence-corrected chi connectivity index (χ2v) is 6.30. The molecule has 0 saturated heterocycles. The minimum atomic E-state index is 0.969. The summed E-state index contributed by atoms with van der Waals surface area (Å²) in [6, 6.07) is 21.2. The molecule has 1 aliphatic heterocycles. The van der Waals surface area contributed by atoms with Gasteiger partial charge in [-0.3, -0.25) is 4.90 Å². The van der Waals surface area contributed by atoms with E-state index < -0.39 is 0 Å². The Kier molecular flexibility index (Phi) is 3.35. The van der Waals surface area contributed by atoms with E-state index >= 15 is 0 Å². The monoisotopic (exact) mass is 304 g/mol. The van der Waals surface area contributed by atoms with Gasteiger partial charge in [0.05, 0.1) is 11.4 Å². The summed E-state index contributed by atoms with van der Waals surface area (Å²) in [5.74, 6) is 1.03. The summed E-state index contributed by atoms with van der Waals surface area (Å²) in [6.45, 7) is 2.18. The summed E-state index contributed by atoms with van der Waals surface area (Å²) in [5.41, 5.74) is 3.68. The molecule has 1 aliphatic rings. The van der Waals surface area contributed by atoms with Gasteiger partial charge in [0.2, 0.25) is 0 Å². The van der Waals surface area contributed by atoms with Crippen LogP contribution >= 0.6 is 11.8 Å². The number of aryl methyl sites for hydroxylation is 1. The fourth-order valence-electron chi connectivity index (χ4n) is 2.84. The van der Waals surface area contributed by atoms with Crippen LogP contribution in [0, 0.1) is 0 Å². The number of fused-ring (bicyclic) bond motifs is 2. The van der Waals surface area contributed by atoms with Crippen LogP contribution in [0.3, 0.4) is 0 Å². The number of hydrogen-bond acceptors (Lipinski definition) is 3. The maximum atomic E-state index is 4.69. The highest BCUT2D eigenvalue weighted by atomic mass is 32.2. The maximum absolute atomic E-state index is 4.69. The molecule has 4 rings (SSSR count). The van der Waals surface area contributed by atoms with Crippen LogP contribution < -0.4 is 4.90 Å². The summed E-state index contributed by atoms with van der Waals surface area (Å²) in [4.78, 5) is 9.52. The number of pyridine rings is 1. The van der Waals surface area contributed by atoms with E-state index in [0.717, 1.165) is 12.2 Å². The summed E-state index contributed by atoms with van der Waals surface area (Å²) >= 11 is 1.82. The number of hydrogen-bond donors (Lipinski definition) is 0. The fraction of sp³-hybridized carbons (Fsp3) is 0.105. The Morgan fingerprint density at radius 1 is 0.864 bits per heavy atom. The molecular formula is C19H16N2S. The van der Waals surface area contributed by atoms with Crippen molar-refractivity contribution in [3.8, 4) is 0 Å². The van der Waals surface area contributed by atoms with Crippen LogP contribution in [0.15, 0.2) is 76.7 Å². The van der Waals surface area contributed by atoms with E-state index in [2.05, 4.69) is 71.4 Å². The third kappa shape index (κ3) is 2.09. The standard InChI is InChI=1S/C19H16N2S/c1-2-14-8-7-13-20-19(14)21-15-9-3-5-11-17(15)22-18-12-6-4-10-16(18)21/h3-13H,2H2,1H3. The Bertz CT molecular complexity index is 783. The first-order chi connectivity index (χ1) is 10.9. The Morgan fingerprint density at radius 3 is 2.14 bits per heavy atom. The minimum Gasteiger partial charge on any atom is -0.293 e. The van der Waals surface area contributed by atoms with E-state index in [1.165, 1.54) is 26.7 Å². The highest BCUT2D eigenvalue weighted by Crippen LogP contribution is 2.51. The molecule has 0 aliphatic carbocycles. The molecule has 1 aromatic heterocycles. The zero-order valence-electron chi connectivity index (χ0n) is 12.4. The van der Waals surface area contributed by atoms with Crippen LogP contribution in [-0.2, 0) is 6.42 Å². The van der Waals surface area contributed by atoms with Crippen molar-refractivity contribution in [2.75, 3.05) is 4.90 Å². The molecule has 0 radical (unpaired) electrons. The van der Waals surface area contributed by atoms with Gasteiger partial charge in [-0.05, 0) is 42.3 Å². The first kappa shape index (κ1) is 13.4. The first-order valence-corrected chi connectivity index (χ1v) is 8.30. The molecule has 2 aromatic carbocycles. The number of para-hydroxylation sites is 2. The maximum Gasteiger partial charge on any atom is 0.140 e. The largest absolute Gasteiger partial charge is 0.293 e. The molecule has 0 amide bonds.